The lowest BCUT2D eigenvalue weighted by Gasteiger charge is -2.15. The number of rotatable bonds is 5. The minimum Gasteiger partial charge on any atom is -0.452 e. The summed E-state index contributed by atoms with van der Waals surface area (Å²) < 4.78 is 5.98. The summed E-state index contributed by atoms with van der Waals surface area (Å²) in [5, 5.41) is 3.33. The van der Waals surface area contributed by atoms with E-state index < -0.39 is 5.97 Å². The molecule has 0 aliphatic rings. The van der Waals surface area contributed by atoms with Gasteiger partial charge in [-0.3, -0.25) is 4.79 Å². The molecule has 1 heterocycles. The van der Waals surface area contributed by atoms with Crippen LogP contribution in [-0.2, 0) is 9.53 Å². The summed E-state index contributed by atoms with van der Waals surface area (Å²) in [6.07, 6.45) is 0. The first kappa shape index (κ1) is 17.4. The Morgan fingerprint density at radius 3 is 2.88 bits per heavy atom. The summed E-state index contributed by atoms with van der Waals surface area (Å²) in [6, 6.07) is 12.1. The molecule has 5 nitrogen and oxygen atoms in total. The zero-order valence-electron chi connectivity index (χ0n) is 13.4. The van der Waals surface area contributed by atoms with Gasteiger partial charge in [-0.25, -0.2) is 9.78 Å². The second-order valence-corrected chi connectivity index (χ2v) is 6.72. The third-order valence-electron chi connectivity index (χ3n) is 3.65. The van der Waals surface area contributed by atoms with Crippen molar-refractivity contribution in [1.82, 2.24) is 10.3 Å². The number of nitrogens with one attached hydrogen (secondary N) is 1. The minimum atomic E-state index is -0.546. The van der Waals surface area contributed by atoms with Crippen LogP contribution in [-0.4, -0.2) is 23.5 Å². The monoisotopic (exact) mass is 374 g/mol. The van der Waals surface area contributed by atoms with Crippen LogP contribution in [0.15, 0.2) is 48.0 Å². The molecular formula is C18H15ClN2O3S. The minimum absolute atomic E-state index is 0.284. The van der Waals surface area contributed by atoms with E-state index in [0.717, 1.165) is 15.8 Å². The average molecular weight is 375 g/mol. The molecule has 1 N–H and O–H groups in total. The molecule has 0 unspecified atom stereocenters. The number of amides is 1. The lowest BCUT2D eigenvalue weighted by molar-refractivity contribution is -0.124. The molecule has 0 spiro atoms. The summed E-state index contributed by atoms with van der Waals surface area (Å²) in [7, 11) is 0. The van der Waals surface area contributed by atoms with Crippen molar-refractivity contribution in [2.45, 2.75) is 13.0 Å². The third-order valence-corrected chi connectivity index (χ3v) is 4.79. The highest BCUT2D eigenvalue weighted by molar-refractivity contribution is 7.16. The summed E-state index contributed by atoms with van der Waals surface area (Å²) in [4.78, 5) is 28.2. The highest BCUT2D eigenvalue weighted by Gasteiger charge is 2.15. The number of carbonyl (C=O) groups excluding carboxylic acids is 2. The zero-order valence-corrected chi connectivity index (χ0v) is 14.9. The second kappa shape index (κ2) is 7.63. The molecule has 3 aromatic rings. The molecule has 3 rings (SSSR count). The maximum Gasteiger partial charge on any atom is 0.338 e. The molecule has 0 saturated carbocycles. The summed E-state index contributed by atoms with van der Waals surface area (Å²) in [5.41, 5.74) is 3.74. The molecular weight excluding hydrogens is 360 g/mol. The average Bonchev–Trinajstić information content (AvgIpc) is 3.07. The van der Waals surface area contributed by atoms with Crippen LogP contribution >= 0.6 is 22.9 Å². The molecule has 0 radical (unpaired) electrons. The number of carbonyl (C=O) groups is 2. The van der Waals surface area contributed by atoms with E-state index in [4.69, 9.17) is 16.3 Å². The molecule has 7 heteroatoms. The van der Waals surface area contributed by atoms with Gasteiger partial charge >= 0.3 is 5.97 Å². The van der Waals surface area contributed by atoms with E-state index >= 15 is 0 Å². The first-order valence-corrected chi connectivity index (χ1v) is 8.84. The van der Waals surface area contributed by atoms with Crippen molar-refractivity contribution in [3.63, 3.8) is 0 Å². The van der Waals surface area contributed by atoms with E-state index in [0.29, 0.717) is 10.6 Å². The Balaban J connectivity index is 1.56. The van der Waals surface area contributed by atoms with Crippen LogP contribution in [0.2, 0.25) is 5.02 Å². The van der Waals surface area contributed by atoms with Crippen LogP contribution < -0.4 is 5.32 Å². The van der Waals surface area contributed by atoms with Crippen LogP contribution in [0.1, 0.15) is 28.9 Å². The molecule has 2 aromatic carbocycles. The Kier molecular flexibility index (Phi) is 5.31. The number of esters is 1. The number of aromatic nitrogens is 1. The molecule has 0 saturated heterocycles. The standard InChI is InChI=1S/C18H15ClN2O3S/c1-11(13-4-2-3-5-14(13)19)21-17(22)9-24-18(23)12-6-7-15-16(8-12)25-10-20-15/h2-8,10-11H,9H2,1H3,(H,21,22)/t11-/m1/s1. The SMILES string of the molecule is C[C@@H](NC(=O)COC(=O)c1ccc2ncsc2c1)c1ccccc1Cl. The predicted molar refractivity (Wildman–Crippen MR) is 97.9 cm³/mol. The van der Waals surface area contributed by atoms with Gasteiger partial charge in [0, 0.05) is 5.02 Å². The molecule has 0 aliphatic heterocycles. The van der Waals surface area contributed by atoms with Crippen LogP contribution in [0.4, 0.5) is 0 Å². The molecule has 1 atom stereocenters. The van der Waals surface area contributed by atoms with Crippen molar-refractivity contribution < 1.29 is 14.3 Å². The number of ether oxygens (including phenoxy) is 1. The van der Waals surface area contributed by atoms with Gasteiger partial charge in [0.1, 0.15) is 0 Å². The predicted octanol–water partition coefficient (Wildman–Crippen LogP) is 3.98. The quantitative estimate of drug-likeness (QED) is 0.686. The molecule has 25 heavy (non-hydrogen) atoms. The normalized spacial score (nSPS) is 11.9. The van der Waals surface area contributed by atoms with Gasteiger partial charge in [-0.2, -0.15) is 0 Å². The summed E-state index contributed by atoms with van der Waals surface area (Å²) in [6.45, 7) is 1.47. The van der Waals surface area contributed by atoms with Crippen molar-refractivity contribution >= 4 is 45.0 Å². The molecule has 128 valence electrons. The number of hydrogen-bond donors (Lipinski definition) is 1. The van der Waals surface area contributed by atoms with Crippen LogP contribution in [0.3, 0.4) is 0 Å². The highest BCUT2D eigenvalue weighted by Crippen LogP contribution is 2.22. The smallest absolute Gasteiger partial charge is 0.338 e. The summed E-state index contributed by atoms with van der Waals surface area (Å²) >= 11 is 7.55. The van der Waals surface area contributed by atoms with Crippen LogP contribution in [0, 0.1) is 0 Å². The molecule has 0 bridgehead atoms. The topological polar surface area (TPSA) is 68.3 Å². The van der Waals surface area contributed by atoms with Crippen LogP contribution in [0.5, 0.6) is 0 Å². The van der Waals surface area contributed by atoms with Gasteiger partial charge in [-0.1, -0.05) is 29.8 Å². The van der Waals surface area contributed by atoms with Gasteiger partial charge in [0.2, 0.25) is 0 Å². The van der Waals surface area contributed by atoms with Crippen molar-refractivity contribution in [3.8, 4) is 0 Å². The number of halogens is 1. The van der Waals surface area contributed by atoms with Crippen molar-refractivity contribution in [2.75, 3.05) is 6.61 Å². The number of hydrogen-bond acceptors (Lipinski definition) is 5. The van der Waals surface area contributed by atoms with Crippen molar-refractivity contribution in [1.29, 1.82) is 0 Å². The van der Waals surface area contributed by atoms with Gasteiger partial charge < -0.3 is 10.1 Å². The number of thiazole rings is 1. The Bertz CT molecular complexity index is 925. The fraction of sp³-hybridized carbons (Fsp3) is 0.167. The lowest BCUT2D eigenvalue weighted by atomic mass is 10.1. The van der Waals surface area contributed by atoms with E-state index in [-0.39, 0.29) is 18.6 Å². The van der Waals surface area contributed by atoms with E-state index in [1.807, 2.05) is 25.1 Å². The van der Waals surface area contributed by atoms with Crippen molar-refractivity contribution in [2.24, 2.45) is 0 Å². The Morgan fingerprint density at radius 1 is 1.28 bits per heavy atom. The van der Waals surface area contributed by atoms with Gasteiger partial charge in [-0.15, -0.1) is 11.3 Å². The largest absolute Gasteiger partial charge is 0.452 e. The molecule has 1 aromatic heterocycles. The Labute approximate surface area is 153 Å². The van der Waals surface area contributed by atoms with Gasteiger partial charge in [0.25, 0.3) is 5.91 Å². The van der Waals surface area contributed by atoms with Gasteiger partial charge in [-0.05, 0) is 36.8 Å². The van der Waals surface area contributed by atoms with Gasteiger partial charge in [0.05, 0.1) is 27.3 Å². The second-order valence-electron chi connectivity index (χ2n) is 5.42. The summed E-state index contributed by atoms with van der Waals surface area (Å²) in [5.74, 6) is -0.935. The number of benzene rings is 2. The van der Waals surface area contributed by atoms with E-state index in [9.17, 15) is 9.59 Å². The van der Waals surface area contributed by atoms with Crippen LogP contribution in [0.25, 0.3) is 10.2 Å². The fourth-order valence-electron chi connectivity index (χ4n) is 2.38. The Morgan fingerprint density at radius 2 is 2.08 bits per heavy atom. The fourth-order valence-corrected chi connectivity index (χ4v) is 3.40. The lowest BCUT2D eigenvalue weighted by Crippen LogP contribution is -2.31. The van der Waals surface area contributed by atoms with E-state index in [1.54, 1.807) is 29.8 Å². The maximum absolute atomic E-state index is 12.1. The third kappa shape index (κ3) is 4.15. The van der Waals surface area contributed by atoms with E-state index in [1.165, 1.54) is 11.3 Å². The molecule has 1 amide bonds. The first-order valence-electron chi connectivity index (χ1n) is 7.59. The van der Waals surface area contributed by atoms with Gasteiger partial charge in [0.15, 0.2) is 6.61 Å². The Hall–Kier alpha value is -2.44. The zero-order chi connectivity index (χ0) is 17.8. The van der Waals surface area contributed by atoms with E-state index in [2.05, 4.69) is 10.3 Å². The molecule has 0 aliphatic carbocycles. The number of nitrogens with zero attached hydrogens (tertiary/aromatic N) is 1. The first-order chi connectivity index (χ1) is 12.0. The maximum atomic E-state index is 12.1. The number of fused-ring (bicyclic) bond motifs is 1. The van der Waals surface area contributed by atoms with Crippen molar-refractivity contribution in [3.05, 3.63) is 64.1 Å². The highest BCUT2D eigenvalue weighted by atomic mass is 35.5. The molecule has 0 fully saturated rings.